The van der Waals surface area contributed by atoms with Gasteiger partial charge in [0.25, 0.3) is 5.91 Å². The summed E-state index contributed by atoms with van der Waals surface area (Å²) in [5.74, 6) is -1.58. The highest BCUT2D eigenvalue weighted by Gasteiger charge is 2.22. The standard InChI is InChI=1S/C27H22F2N8O3/c28-19-3-1-17(2-4-19)25-26(36(16-31-25)15-24(38)35-9-11-40-12-10-35)20-5-6-23-32-22(14-37(23)34-20)33-27(39)18-7-8-30-21(29)13-18/h1-8,13-14,16H,9-12,15H2,(H,33,39). The molecule has 0 atom stereocenters. The molecule has 11 nitrogen and oxygen atoms in total. The zero-order valence-corrected chi connectivity index (χ0v) is 21.0. The van der Waals surface area contributed by atoms with Gasteiger partial charge in [0.1, 0.15) is 18.1 Å². The van der Waals surface area contributed by atoms with Crippen LogP contribution in [-0.2, 0) is 16.1 Å². The smallest absolute Gasteiger partial charge is 0.257 e. The Bertz CT molecular complexity index is 1710. The number of imidazole rings is 2. The highest BCUT2D eigenvalue weighted by Crippen LogP contribution is 2.31. The molecule has 0 spiro atoms. The summed E-state index contributed by atoms with van der Waals surface area (Å²) in [5.41, 5.74) is 2.75. The van der Waals surface area contributed by atoms with Gasteiger partial charge in [-0.2, -0.15) is 9.49 Å². The number of carbonyl (C=O) groups is 2. The number of nitrogens with one attached hydrogen (secondary N) is 1. The van der Waals surface area contributed by atoms with Crippen molar-refractivity contribution in [1.29, 1.82) is 0 Å². The van der Waals surface area contributed by atoms with Crippen LogP contribution >= 0.6 is 0 Å². The largest absolute Gasteiger partial charge is 0.378 e. The van der Waals surface area contributed by atoms with E-state index in [2.05, 4.69) is 25.4 Å². The summed E-state index contributed by atoms with van der Waals surface area (Å²) in [5, 5.41) is 7.30. The van der Waals surface area contributed by atoms with Gasteiger partial charge in [-0.3, -0.25) is 9.59 Å². The molecule has 5 aromatic rings. The molecular weight excluding hydrogens is 522 g/mol. The molecule has 0 aliphatic carbocycles. The average Bonchev–Trinajstić information content (AvgIpc) is 3.57. The summed E-state index contributed by atoms with van der Waals surface area (Å²) in [6.07, 6.45) is 4.28. The minimum absolute atomic E-state index is 0.0248. The van der Waals surface area contributed by atoms with Crippen LogP contribution in [0.1, 0.15) is 10.4 Å². The number of fused-ring (bicyclic) bond motifs is 1. The van der Waals surface area contributed by atoms with Gasteiger partial charge < -0.3 is 19.5 Å². The SMILES string of the molecule is O=C(Nc1cn2nc(-c3c(-c4ccc(F)cc4)ncn3CC(=O)N3CCOCC3)ccc2n1)c1ccnc(F)c1. The molecule has 1 saturated heterocycles. The van der Waals surface area contributed by atoms with Gasteiger partial charge >= 0.3 is 0 Å². The molecule has 1 aromatic carbocycles. The van der Waals surface area contributed by atoms with Crippen molar-refractivity contribution >= 4 is 23.3 Å². The van der Waals surface area contributed by atoms with Gasteiger partial charge in [0.15, 0.2) is 11.5 Å². The first kappa shape index (κ1) is 25.2. The maximum atomic E-state index is 13.6. The Kier molecular flexibility index (Phi) is 6.70. The molecular formula is C27H22F2N8O3. The number of carbonyl (C=O) groups excluding carboxylic acids is 2. The lowest BCUT2D eigenvalue weighted by atomic mass is 10.1. The van der Waals surface area contributed by atoms with Crippen LogP contribution in [-0.4, -0.2) is 72.2 Å². The monoisotopic (exact) mass is 544 g/mol. The quantitative estimate of drug-likeness (QED) is 0.327. The van der Waals surface area contributed by atoms with E-state index in [4.69, 9.17) is 4.74 Å². The van der Waals surface area contributed by atoms with Crippen molar-refractivity contribution in [3.63, 3.8) is 0 Å². The topological polar surface area (TPSA) is 120 Å². The molecule has 5 heterocycles. The summed E-state index contributed by atoms with van der Waals surface area (Å²) < 4.78 is 35.6. The normalized spacial score (nSPS) is 13.5. The fourth-order valence-electron chi connectivity index (χ4n) is 4.45. The van der Waals surface area contributed by atoms with Gasteiger partial charge in [0.05, 0.1) is 37.1 Å². The van der Waals surface area contributed by atoms with Gasteiger partial charge in [-0.05, 0) is 42.5 Å². The molecule has 40 heavy (non-hydrogen) atoms. The lowest BCUT2D eigenvalue weighted by molar-refractivity contribution is -0.135. The summed E-state index contributed by atoms with van der Waals surface area (Å²) in [6.45, 7) is 2.01. The zero-order chi connectivity index (χ0) is 27.6. The van der Waals surface area contributed by atoms with Crippen molar-refractivity contribution in [2.45, 2.75) is 6.54 Å². The number of ether oxygens (including phenoxy) is 1. The van der Waals surface area contributed by atoms with E-state index in [1.54, 1.807) is 40.1 Å². The van der Waals surface area contributed by atoms with E-state index < -0.39 is 11.9 Å². The predicted octanol–water partition coefficient (Wildman–Crippen LogP) is 3.04. The first-order valence-electron chi connectivity index (χ1n) is 12.4. The van der Waals surface area contributed by atoms with E-state index >= 15 is 0 Å². The number of benzene rings is 1. The second kappa shape index (κ2) is 10.6. The lowest BCUT2D eigenvalue weighted by Gasteiger charge is -2.27. The van der Waals surface area contributed by atoms with Crippen molar-refractivity contribution in [1.82, 2.24) is 34.0 Å². The summed E-state index contributed by atoms with van der Waals surface area (Å²) in [4.78, 5) is 39.7. The molecule has 13 heteroatoms. The number of pyridine rings is 1. The van der Waals surface area contributed by atoms with Crippen molar-refractivity contribution in [3.8, 4) is 22.6 Å². The molecule has 0 radical (unpaired) electrons. The minimum atomic E-state index is -0.769. The zero-order valence-electron chi connectivity index (χ0n) is 21.0. The molecule has 0 bridgehead atoms. The minimum Gasteiger partial charge on any atom is -0.378 e. The van der Waals surface area contributed by atoms with Gasteiger partial charge in [-0.1, -0.05) is 0 Å². The average molecular weight is 545 g/mol. The summed E-state index contributed by atoms with van der Waals surface area (Å²) >= 11 is 0. The van der Waals surface area contributed by atoms with Crippen LogP contribution in [0, 0.1) is 11.8 Å². The predicted molar refractivity (Wildman–Crippen MR) is 139 cm³/mol. The van der Waals surface area contributed by atoms with Crippen LogP contribution in [0.2, 0.25) is 0 Å². The van der Waals surface area contributed by atoms with E-state index in [1.165, 1.54) is 35.1 Å². The third-order valence-electron chi connectivity index (χ3n) is 6.42. The maximum absolute atomic E-state index is 13.6. The van der Waals surface area contributed by atoms with E-state index in [0.29, 0.717) is 54.6 Å². The third-order valence-corrected chi connectivity index (χ3v) is 6.42. The molecule has 1 fully saturated rings. The number of nitrogens with zero attached hydrogens (tertiary/aromatic N) is 7. The fourth-order valence-corrected chi connectivity index (χ4v) is 4.45. The van der Waals surface area contributed by atoms with Crippen LogP contribution in [0.15, 0.2) is 67.3 Å². The van der Waals surface area contributed by atoms with Crippen LogP contribution in [0.25, 0.3) is 28.3 Å². The van der Waals surface area contributed by atoms with Crippen molar-refractivity contribution in [2.24, 2.45) is 0 Å². The lowest BCUT2D eigenvalue weighted by Crippen LogP contribution is -2.42. The number of morpholine rings is 1. The number of hydrogen-bond acceptors (Lipinski definition) is 7. The van der Waals surface area contributed by atoms with Crippen molar-refractivity contribution in [3.05, 3.63) is 84.6 Å². The highest BCUT2D eigenvalue weighted by atomic mass is 19.1. The first-order chi connectivity index (χ1) is 19.4. The molecule has 0 unspecified atom stereocenters. The second-order valence-corrected chi connectivity index (χ2v) is 9.04. The van der Waals surface area contributed by atoms with E-state index in [-0.39, 0.29) is 29.7 Å². The highest BCUT2D eigenvalue weighted by molar-refractivity contribution is 6.03. The molecule has 1 aliphatic heterocycles. The van der Waals surface area contributed by atoms with Crippen LogP contribution in [0.5, 0.6) is 0 Å². The van der Waals surface area contributed by atoms with Crippen LogP contribution in [0.3, 0.4) is 0 Å². The van der Waals surface area contributed by atoms with Gasteiger partial charge in [-0.25, -0.2) is 23.9 Å². The Morgan fingerprint density at radius 1 is 1.00 bits per heavy atom. The number of aromatic nitrogens is 6. The summed E-state index contributed by atoms with van der Waals surface area (Å²) in [7, 11) is 0. The Hall–Kier alpha value is -5.04. The summed E-state index contributed by atoms with van der Waals surface area (Å²) in [6, 6.07) is 11.8. The van der Waals surface area contributed by atoms with Gasteiger partial charge in [0, 0.05) is 36.5 Å². The second-order valence-electron chi connectivity index (χ2n) is 9.04. The number of hydrogen-bond donors (Lipinski definition) is 1. The molecule has 6 rings (SSSR count). The Morgan fingerprint density at radius 3 is 2.58 bits per heavy atom. The molecule has 1 aliphatic rings. The molecule has 1 N–H and O–H groups in total. The molecule has 202 valence electrons. The Labute approximate surface area is 226 Å². The van der Waals surface area contributed by atoms with Crippen molar-refractivity contribution in [2.75, 3.05) is 31.6 Å². The van der Waals surface area contributed by atoms with Crippen molar-refractivity contribution < 1.29 is 23.1 Å². The number of halogens is 2. The fraction of sp³-hybridized carbons (Fsp3) is 0.185. The number of amides is 2. The van der Waals surface area contributed by atoms with Crippen LogP contribution < -0.4 is 5.32 Å². The first-order valence-corrected chi connectivity index (χ1v) is 12.4. The Morgan fingerprint density at radius 2 is 1.80 bits per heavy atom. The molecule has 4 aromatic heterocycles. The maximum Gasteiger partial charge on any atom is 0.257 e. The van der Waals surface area contributed by atoms with E-state index in [1.807, 2.05) is 0 Å². The Balaban J connectivity index is 1.35. The van der Waals surface area contributed by atoms with E-state index in [0.717, 1.165) is 6.07 Å². The van der Waals surface area contributed by atoms with Crippen LogP contribution in [0.4, 0.5) is 14.6 Å². The van der Waals surface area contributed by atoms with E-state index in [9.17, 15) is 18.4 Å². The number of rotatable bonds is 6. The molecule has 0 saturated carbocycles. The van der Waals surface area contributed by atoms with Gasteiger partial charge in [-0.15, -0.1) is 0 Å². The molecule has 2 amide bonds. The third kappa shape index (κ3) is 5.14. The number of anilines is 1. The van der Waals surface area contributed by atoms with Gasteiger partial charge in [0.2, 0.25) is 11.9 Å².